The van der Waals surface area contributed by atoms with E-state index in [4.69, 9.17) is 13.7 Å². The van der Waals surface area contributed by atoms with Crippen molar-refractivity contribution in [3.8, 4) is 0 Å². The van der Waals surface area contributed by atoms with Crippen molar-refractivity contribution in [1.82, 2.24) is 14.6 Å². The molecule has 2 N–H and O–H groups in total. The molecule has 0 aliphatic heterocycles. The Morgan fingerprint density at radius 2 is 2.35 bits per heavy atom. The second kappa shape index (κ2) is 5.95. The van der Waals surface area contributed by atoms with E-state index in [2.05, 4.69) is 4.98 Å². The second-order valence-corrected chi connectivity index (χ2v) is 5.64. The molecule has 0 aliphatic carbocycles. The first-order valence-corrected chi connectivity index (χ1v) is 7.15. The smallest absolute Gasteiger partial charge is 0.215 e. The van der Waals surface area contributed by atoms with Gasteiger partial charge < -0.3 is 9.88 Å². The topological polar surface area (TPSA) is 65.2 Å². The van der Waals surface area contributed by atoms with Crippen LogP contribution in [0.5, 0.6) is 0 Å². The number of rotatable bonds is 6. The van der Waals surface area contributed by atoms with Gasteiger partial charge in [-0.05, 0) is 50.7 Å². The standard InChI is InChI=1S/C14H21N3O2S/c1-15-20(18,19)10-11-4-5-14-13(8-11)12(9-16-14)6-7-17(2)3/h4-5,8-9,15-16H,6-7,10H2,1-3H3/i2D3,4D,5D,7D2,8D,10D2. The first-order valence-electron chi connectivity index (χ1n) is 10.7. The van der Waals surface area contributed by atoms with Crippen LogP contribution in [-0.4, -0.2) is 45.9 Å². The summed E-state index contributed by atoms with van der Waals surface area (Å²) in [6, 6.07) is -2.06. The number of hydrogen-bond donors (Lipinski definition) is 2. The lowest BCUT2D eigenvalue weighted by atomic mass is 10.1. The van der Waals surface area contributed by atoms with Crippen LogP contribution >= 0.6 is 0 Å². The van der Waals surface area contributed by atoms with Crippen molar-refractivity contribution >= 4 is 20.9 Å². The lowest BCUT2D eigenvalue weighted by Crippen LogP contribution is -2.20. The SMILES string of the molecule is [2H]c1c(C([2H])([2H])S(=O)(=O)NC)c([2H])c2c(CC([2H])([2H])N(C)C([2H])([2H])[2H])c[nH]c2c1[2H]. The van der Waals surface area contributed by atoms with Gasteiger partial charge in [-0.25, -0.2) is 13.1 Å². The molecule has 0 radical (unpaired) electrons. The molecule has 0 amide bonds. The molecule has 2 rings (SSSR count). The highest BCUT2D eigenvalue weighted by Crippen LogP contribution is 2.21. The van der Waals surface area contributed by atoms with E-state index in [-0.39, 0.29) is 16.5 Å². The fraction of sp³-hybridized carbons (Fsp3) is 0.429. The maximum absolute atomic E-state index is 12.2. The molecule has 6 heteroatoms. The fourth-order valence-electron chi connectivity index (χ4n) is 1.57. The summed E-state index contributed by atoms with van der Waals surface area (Å²) in [6.45, 7) is -5.16. The predicted octanol–water partition coefficient (Wildman–Crippen LogP) is 1.32. The molecule has 0 saturated heterocycles. The summed E-state index contributed by atoms with van der Waals surface area (Å²) in [5.74, 6) is 0. The number of nitrogens with zero attached hydrogens (tertiary/aromatic N) is 1. The number of aromatic nitrogens is 1. The molecular formula is C14H21N3O2S. The number of benzene rings is 1. The Labute approximate surface area is 134 Å². The maximum Gasteiger partial charge on any atom is 0.215 e. The minimum atomic E-state index is -4.65. The molecule has 0 fully saturated rings. The summed E-state index contributed by atoms with van der Waals surface area (Å²) in [5, 5.41) is -0.149. The quantitative estimate of drug-likeness (QED) is 0.846. The van der Waals surface area contributed by atoms with Gasteiger partial charge in [-0.1, -0.05) is 6.04 Å². The molecule has 110 valence electrons. The van der Waals surface area contributed by atoms with E-state index >= 15 is 0 Å². The van der Waals surface area contributed by atoms with Crippen molar-refractivity contribution in [2.45, 2.75) is 12.1 Å². The molecule has 0 aliphatic rings. The number of hydrogen-bond acceptors (Lipinski definition) is 3. The average molecular weight is 305 g/mol. The van der Waals surface area contributed by atoms with Crippen LogP contribution in [0.4, 0.5) is 0 Å². The first-order chi connectivity index (χ1) is 13.4. The van der Waals surface area contributed by atoms with Crippen LogP contribution in [0.1, 0.15) is 24.8 Å². The third-order valence-electron chi connectivity index (χ3n) is 2.54. The summed E-state index contributed by atoms with van der Waals surface area (Å²) < 4.78 is 105. The van der Waals surface area contributed by atoms with Gasteiger partial charge in [-0.2, -0.15) is 0 Å². The van der Waals surface area contributed by atoms with Gasteiger partial charge >= 0.3 is 0 Å². The van der Waals surface area contributed by atoms with Crippen LogP contribution in [-0.2, 0) is 22.1 Å². The van der Waals surface area contributed by atoms with Gasteiger partial charge in [0, 0.05) is 33.2 Å². The van der Waals surface area contributed by atoms with Crippen molar-refractivity contribution in [2.75, 3.05) is 27.6 Å². The lowest BCUT2D eigenvalue weighted by Gasteiger charge is -2.08. The van der Waals surface area contributed by atoms with E-state index in [1.54, 1.807) is 0 Å². The molecule has 0 bridgehead atoms. The van der Waals surface area contributed by atoms with E-state index < -0.39 is 59.3 Å². The summed E-state index contributed by atoms with van der Waals surface area (Å²) in [4.78, 5) is 3.15. The van der Waals surface area contributed by atoms with Crippen molar-refractivity contribution in [3.63, 3.8) is 0 Å². The van der Waals surface area contributed by atoms with Gasteiger partial charge in [0.1, 0.15) is 0 Å². The van der Waals surface area contributed by atoms with Crippen LogP contribution in [0.3, 0.4) is 0 Å². The lowest BCUT2D eigenvalue weighted by molar-refractivity contribution is 0.414. The van der Waals surface area contributed by atoms with Crippen LogP contribution in [0.2, 0.25) is 0 Å². The zero-order valence-corrected chi connectivity index (χ0v) is 11.8. The van der Waals surface area contributed by atoms with Crippen molar-refractivity contribution in [2.24, 2.45) is 0 Å². The number of likely N-dealkylation sites (N-methyl/N-ethyl adjacent to an activating group) is 1. The van der Waals surface area contributed by atoms with Gasteiger partial charge in [0.05, 0.1) is 9.82 Å². The highest BCUT2D eigenvalue weighted by atomic mass is 32.2. The molecule has 1 aromatic heterocycles. The third-order valence-corrected chi connectivity index (χ3v) is 3.55. The molecule has 0 spiro atoms. The Bertz CT molecular complexity index is 1080. The Balaban J connectivity index is 2.78. The highest BCUT2D eigenvalue weighted by Gasteiger charge is 2.11. The van der Waals surface area contributed by atoms with Crippen molar-refractivity contribution in [3.05, 3.63) is 35.5 Å². The fourth-order valence-corrected chi connectivity index (χ4v) is 2.04. The molecule has 1 heterocycles. The van der Waals surface area contributed by atoms with Crippen molar-refractivity contribution < 1.29 is 22.1 Å². The van der Waals surface area contributed by atoms with Crippen LogP contribution in [0.25, 0.3) is 10.9 Å². The highest BCUT2D eigenvalue weighted by molar-refractivity contribution is 7.88. The largest absolute Gasteiger partial charge is 0.361 e. The number of aryl methyl sites for hydroxylation is 1. The van der Waals surface area contributed by atoms with Crippen LogP contribution < -0.4 is 4.72 Å². The first kappa shape index (κ1) is 6.60. The number of sulfonamides is 1. The molecule has 20 heavy (non-hydrogen) atoms. The Hall–Kier alpha value is -1.37. The molecule has 5 nitrogen and oxygen atoms in total. The van der Waals surface area contributed by atoms with E-state index in [1.807, 2.05) is 4.72 Å². The zero-order chi connectivity index (χ0) is 23.4. The molecule has 1 aromatic carbocycles. The van der Waals surface area contributed by atoms with Crippen molar-refractivity contribution in [1.29, 1.82) is 0 Å². The number of fused-ring (bicyclic) bond motifs is 1. The minimum Gasteiger partial charge on any atom is -0.361 e. The second-order valence-electron chi connectivity index (χ2n) is 4.02. The van der Waals surface area contributed by atoms with Gasteiger partial charge in [0.25, 0.3) is 0 Å². The van der Waals surface area contributed by atoms with E-state index in [9.17, 15) is 8.42 Å². The molecule has 0 saturated carbocycles. The number of nitrogens with one attached hydrogen (secondary N) is 2. The average Bonchev–Trinajstić information content (AvgIpc) is 3.01. The van der Waals surface area contributed by atoms with Crippen LogP contribution in [0.15, 0.2) is 24.3 Å². The Morgan fingerprint density at radius 1 is 1.55 bits per heavy atom. The minimum absolute atomic E-state index is 0.0449. The van der Waals surface area contributed by atoms with E-state index in [0.29, 0.717) is 4.90 Å². The number of H-pyrrole nitrogens is 1. The van der Waals surface area contributed by atoms with E-state index in [1.165, 1.54) is 6.20 Å². The van der Waals surface area contributed by atoms with Gasteiger partial charge in [0.15, 0.2) is 0 Å². The van der Waals surface area contributed by atoms with Crippen LogP contribution in [0, 0.1) is 0 Å². The summed E-state index contributed by atoms with van der Waals surface area (Å²) in [7, 11) is -2.62. The summed E-state index contributed by atoms with van der Waals surface area (Å²) in [5.41, 5.74) is -4.11. The van der Waals surface area contributed by atoms with Gasteiger partial charge in [-0.3, -0.25) is 0 Å². The molecule has 0 atom stereocenters. The Kier molecular flexibility index (Phi) is 1.96. The Morgan fingerprint density at radius 3 is 3.05 bits per heavy atom. The number of aromatic amines is 1. The normalized spacial score (nSPS) is 21.8. The van der Waals surface area contributed by atoms with Gasteiger partial charge in [0.2, 0.25) is 10.0 Å². The maximum atomic E-state index is 12.2. The third kappa shape index (κ3) is 3.59. The summed E-state index contributed by atoms with van der Waals surface area (Å²) in [6.07, 6.45) is 0.684. The predicted molar refractivity (Wildman–Crippen MR) is 82.2 cm³/mol. The van der Waals surface area contributed by atoms with Gasteiger partial charge in [-0.15, -0.1) is 0 Å². The monoisotopic (exact) mass is 305 g/mol. The van der Waals surface area contributed by atoms with E-state index in [0.717, 1.165) is 14.1 Å². The summed E-state index contributed by atoms with van der Waals surface area (Å²) >= 11 is 0. The zero-order valence-electron chi connectivity index (χ0n) is 21.0. The molecule has 0 unspecified atom stereocenters. The molecular weight excluding hydrogens is 274 g/mol. The molecule has 2 aromatic rings.